The maximum atomic E-state index is 14.6. The molecule has 2 atom stereocenters. The van der Waals surface area contributed by atoms with Gasteiger partial charge in [0.25, 0.3) is 5.91 Å². The van der Waals surface area contributed by atoms with Crippen molar-refractivity contribution in [1.29, 1.82) is 0 Å². The van der Waals surface area contributed by atoms with E-state index in [0.29, 0.717) is 18.0 Å². The summed E-state index contributed by atoms with van der Waals surface area (Å²) >= 11 is 0. The first-order valence-corrected chi connectivity index (χ1v) is 8.61. The van der Waals surface area contributed by atoms with Crippen LogP contribution in [-0.4, -0.2) is 56.0 Å². The molecule has 4 rings (SSSR count). The summed E-state index contributed by atoms with van der Waals surface area (Å²) in [4.78, 5) is 37.5. The van der Waals surface area contributed by atoms with Crippen LogP contribution in [0.1, 0.15) is 23.2 Å². The highest BCUT2D eigenvalue weighted by Gasteiger charge is 2.33. The number of rotatable bonds is 2. The Morgan fingerprint density at radius 1 is 1.35 bits per heavy atom. The third kappa shape index (κ3) is 2.98. The van der Waals surface area contributed by atoms with Gasteiger partial charge in [0.05, 0.1) is 17.3 Å². The molecule has 0 bridgehead atoms. The van der Waals surface area contributed by atoms with Gasteiger partial charge < -0.3 is 20.3 Å². The minimum absolute atomic E-state index is 0.136. The Morgan fingerprint density at radius 2 is 2.19 bits per heavy atom. The van der Waals surface area contributed by atoms with Crippen molar-refractivity contribution in [2.45, 2.75) is 24.9 Å². The molecule has 3 heterocycles. The number of amides is 3. The van der Waals surface area contributed by atoms with E-state index in [1.807, 2.05) is 0 Å². The minimum atomic E-state index is -0.853. The lowest BCUT2D eigenvalue weighted by atomic mass is 10.0. The summed E-state index contributed by atoms with van der Waals surface area (Å²) in [6, 6.07) is 1.98. The number of fused-ring (bicyclic) bond motifs is 3. The number of halogens is 1. The van der Waals surface area contributed by atoms with E-state index in [1.54, 1.807) is 0 Å². The van der Waals surface area contributed by atoms with Crippen LogP contribution in [0.3, 0.4) is 0 Å². The maximum absolute atomic E-state index is 14.6. The zero-order valence-corrected chi connectivity index (χ0v) is 14.0. The highest BCUT2D eigenvalue weighted by atomic mass is 19.1. The van der Waals surface area contributed by atoms with Crippen molar-refractivity contribution >= 4 is 23.4 Å². The van der Waals surface area contributed by atoms with Crippen LogP contribution < -0.4 is 25.6 Å². The molecule has 3 N–H and O–H groups in total. The Bertz CT molecular complexity index is 784. The average molecular weight is 362 g/mol. The number of ether oxygens (including phenoxy) is 1. The van der Waals surface area contributed by atoms with Crippen LogP contribution >= 0.6 is 0 Å². The van der Waals surface area contributed by atoms with Crippen LogP contribution in [0.25, 0.3) is 0 Å². The predicted octanol–water partition coefficient (Wildman–Crippen LogP) is -0.469. The van der Waals surface area contributed by atoms with Gasteiger partial charge in [-0.1, -0.05) is 0 Å². The Balaban J connectivity index is 1.55. The topological polar surface area (TPSA) is 99.8 Å². The monoisotopic (exact) mass is 362 g/mol. The predicted molar refractivity (Wildman–Crippen MR) is 89.5 cm³/mol. The number of anilines is 1. The summed E-state index contributed by atoms with van der Waals surface area (Å²) in [6.07, 6.45) is 0.332. The van der Waals surface area contributed by atoms with Crippen molar-refractivity contribution in [3.05, 3.63) is 23.5 Å². The van der Waals surface area contributed by atoms with Gasteiger partial charge in [-0.05, 0) is 12.5 Å². The Kier molecular flexibility index (Phi) is 4.23. The quantitative estimate of drug-likeness (QED) is 0.615. The van der Waals surface area contributed by atoms with E-state index in [0.717, 1.165) is 19.6 Å². The van der Waals surface area contributed by atoms with Crippen molar-refractivity contribution < 1.29 is 23.5 Å². The van der Waals surface area contributed by atoms with Gasteiger partial charge in [0.2, 0.25) is 11.8 Å². The van der Waals surface area contributed by atoms with Gasteiger partial charge in [0, 0.05) is 32.1 Å². The van der Waals surface area contributed by atoms with Crippen molar-refractivity contribution in [1.82, 2.24) is 16.0 Å². The summed E-state index contributed by atoms with van der Waals surface area (Å²) in [5.74, 6) is -1.87. The molecule has 26 heavy (non-hydrogen) atoms. The number of benzene rings is 1. The summed E-state index contributed by atoms with van der Waals surface area (Å²) in [5, 5.41) is 7.92. The second-order valence-corrected chi connectivity index (χ2v) is 6.64. The van der Waals surface area contributed by atoms with E-state index < -0.39 is 23.7 Å². The molecule has 0 aromatic heterocycles. The zero-order chi connectivity index (χ0) is 18.3. The van der Waals surface area contributed by atoms with Crippen molar-refractivity contribution in [2.24, 2.45) is 0 Å². The molecule has 0 aliphatic carbocycles. The van der Waals surface area contributed by atoms with Crippen LogP contribution in [0.5, 0.6) is 5.75 Å². The molecule has 3 amide bonds. The van der Waals surface area contributed by atoms with Gasteiger partial charge in [-0.25, -0.2) is 4.39 Å². The molecular weight excluding hydrogens is 343 g/mol. The maximum Gasteiger partial charge on any atom is 0.255 e. The van der Waals surface area contributed by atoms with E-state index in [9.17, 15) is 18.8 Å². The minimum Gasteiger partial charge on any atom is -0.489 e. The van der Waals surface area contributed by atoms with Crippen molar-refractivity contribution in [2.75, 3.05) is 31.1 Å². The first-order chi connectivity index (χ1) is 12.5. The van der Waals surface area contributed by atoms with Crippen LogP contribution in [0.2, 0.25) is 0 Å². The second kappa shape index (κ2) is 6.56. The van der Waals surface area contributed by atoms with E-state index in [1.165, 1.54) is 12.1 Å². The van der Waals surface area contributed by atoms with Gasteiger partial charge in [0.15, 0.2) is 0 Å². The first kappa shape index (κ1) is 16.8. The average Bonchev–Trinajstić information content (AvgIpc) is 2.63. The van der Waals surface area contributed by atoms with E-state index in [4.69, 9.17) is 4.74 Å². The largest absolute Gasteiger partial charge is 0.489 e. The number of hydrogen-bond donors (Lipinski definition) is 3. The lowest BCUT2D eigenvalue weighted by Crippen LogP contribution is -2.55. The van der Waals surface area contributed by atoms with Gasteiger partial charge in [-0.3, -0.25) is 19.7 Å². The number of nitrogens with zero attached hydrogens (tertiary/aromatic N) is 1. The fourth-order valence-corrected chi connectivity index (χ4v) is 3.54. The number of piperazine rings is 1. The van der Waals surface area contributed by atoms with E-state index in [-0.39, 0.29) is 30.4 Å². The van der Waals surface area contributed by atoms with Crippen LogP contribution in [-0.2, 0) is 9.59 Å². The Hall–Kier alpha value is -2.68. The summed E-state index contributed by atoms with van der Waals surface area (Å²) < 4.78 is 20.3. The number of piperidine rings is 1. The molecule has 0 unspecified atom stereocenters. The number of hydrogen-bond acceptors (Lipinski definition) is 6. The number of nitrogens with one attached hydrogen (secondary N) is 3. The Morgan fingerprint density at radius 3 is 3.00 bits per heavy atom. The fraction of sp³-hybridized carbons (Fsp3) is 0.471. The normalized spacial score (nSPS) is 24.9. The number of imide groups is 1. The highest BCUT2D eigenvalue weighted by molar-refractivity contribution is 6.04. The van der Waals surface area contributed by atoms with E-state index >= 15 is 0 Å². The third-order valence-corrected chi connectivity index (χ3v) is 4.93. The third-order valence-electron chi connectivity index (χ3n) is 4.93. The SMILES string of the molecule is O=C1CC[C@H](NC(=O)c2cc3c(cc2F)N2CCNC[C@H]2CO3)C(=O)N1. The Labute approximate surface area is 149 Å². The molecule has 3 aliphatic rings. The van der Waals surface area contributed by atoms with Crippen LogP contribution in [0, 0.1) is 5.82 Å². The number of carbonyl (C=O) groups excluding carboxylic acids is 3. The summed E-state index contributed by atoms with van der Waals surface area (Å²) in [5.41, 5.74) is 0.458. The van der Waals surface area contributed by atoms with Gasteiger partial charge >= 0.3 is 0 Å². The van der Waals surface area contributed by atoms with Gasteiger partial charge in [0.1, 0.15) is 24.2 Å². The lowest BCUT2D eigenvalue weighted by Gasteiger charge is -2.42. The standard InChI is InChI=1S/C17H19FN4O4/c18-11-6-13-14(26-8-9-7-19-3-4-22(9)13)5-10(11)16(24)20-12-1-2-15(23)21-17(12)25/h5-6,9,12,19H,1-4,7-8H2,(H,20,24)(H,21,23,25)/t9-,12-/m0/s1. The smallest absolute Gasteiger partial charge is 0.255 e. The molecule has 0 saturated carbocycles. The summed E-state index contributed by atoms with van der Waals surface area (Å²) in [6.45, 7) is 2.76. The van der Waals surface area contributed by atoms with Gasteiger partial charge in [-0.15, -0.1) is 0 Å². The van der Waals surface area contributed by atoms with Crippen LogP contribution in [0.4, 0.5) is 10.1 Å². The van der Waals surface area contributed by atoms with E-state index in [2.05, 4.69) is 20.9 Å². The fourth-order valence-electron chi connectivity index (χ4n) is 3.54. The molecule has 8 nitrogen and oxygen atoms in total. The molecule has 2 fully saturated rings. The second-order valence-electron chi connectivity index (χ2n) is 6.64. The molecule has 138 valence electrons. The zero-order valence-electron chi connectivity index (χ0n) is 14.0. The molecule has 1 aromatic rings. The number of carbonyl (C=O) groups is 3. The summed E-state index contributed by atoms with van der Waals surface area (Å²) in [7, 11) is 0. The van der Waals surface area contributed by atoms with Gasteiger partial charge in [-0.2, -0.15) is 0 Å². The highest BCUT2D eigenvalue weighted by Crippen LogP contribution is 2.36. The molecule has 1 aromatic carbocycles. The lowest BCUT2D eigenvalue weighted by molar-refractivity contribution is -0.134. The molecular formula is C17H19FN4O4. The van der Waals surface area contributed by atoms with Crippen molar-refractivity contribution in [3.63, 3.8) is 0 Å². The van der Waals surface area contributed by atoms with Crippen molar-refractivity contribution in [3.8, 4) is 5.75 Å². The first-order valence-electron chi connectivity index (χ1n) is 8.61. The molecule has 0 spiro atoms. The van der Waals surface area contributed by atoms with Crippen LogP contribution in [0.15, 0.2) is 12.1 Å². The molecule has 2 saturated heterocycles. The molecule has 9 heteroatoms. The molecule has 0 radical (unpaired) electrons. The molecule has 3 aliphatic heterocycles.